The third kappa shape index (κ3) is 4.85. The Kier molecular flexibility index (Phi) is 6.87. The molecule has 0 amide bonds. The van der Waals surface area contributed by atoms with Gasteiger partial charge in [-0.25, -0.2) is 4.79 Å². The zero-order valence-corrected chi connectivity index (χ0v) is 14.7. The maximum Gasteiger partial charge on any atom is 0.337 e. The number of benzene rings is 1. The van der Waals surface area contributed by atoms with E-state index in [9.17, 15) is 9.90 Å². The molecule has 1 N–H and O–H groups in total. The third-order valence-corrected chi connectivity index (χ3v) is 4.40. The lowest BCUT2D eigenvalue weighted by molar-refractivity contribution is 0.0431. The molecule has 0 aliphatic carbocycles. The number of rotatable bonds is 7. The Morgan fingerprint density at radius 2 is 2.12 bits per heavy atom. The minimum Gasteiger partial charge on any atom is -0.493 e. The molecular weight excluding hydrogens is 310 g/mol. The van der Waals surface area contributed by atoms with Crippen LogP contribution in [0.4, 0.5) is 0 Å². The van der Waals surface area contributed by atoms with Crippen molar-refractivity contribution in [2.45, 2.75) is 38.3 Å². The number of piperidine rings is 1. The van der Waals surface area contributed by atoms with Crippen LogP contribution < -0.4 is 9.47 Å². The van der Waals surface area contributed by atoms with Crippen molar-refractivity contribution in [3.8, 4) is 11.5 Å². The van der Waals surface area contributed by atoms with Crippen LogP contribution in [0.1, 0.15) is 36.5 Å². The summed E-state index contributed by atoms with van der Waals surface area (Å²) in [5.74, 6) is 0.506. The number of aliphatic hydroxyl groups excluding tert-OH is 1. The number of nitrogens with zero attached hydrogens (tertiary/aromatic N) is 1. The van der Waals surface area contributed by atoms with Crippen molar-refractivity contribution < 1.29 is 24.1 Å². The van der Waals surface area contributed by atoms with E-state index in [1.807, 2.05) is 0 Å². The molecule has 6 nitrogen and oxygen atoms in total. The summed E-state index contributed by atoms with van der Waals surface area (Å²) in [4.78, 5) is 13.8. The van der Waals surface area contributed by atoms with E-state index in [4.69, 9.17) is 9.47 Å². The second kappa shape index (κ2) is 8.89. The number of hydrogen-bond donors (Lipinski definition) is 1. The van der Waals surface area contributed by atoms with Crippen molar-refractivity contribution in [3.05, 3.63) is 23.8 Å². The molecule has 0 spiro atoms. The second-order valence-corrected chi connectivity index (χ2v) is 6.16. The first-order valence-electron chi connectivity index (χ1n) is 8.36. The Bertz CT molecular complexity index is 548. The summed E-state index contributed by atoms with van der Waals surface area (Å²) in [6.45, 7) is 4.00. The summed E-state index contributed by atoms with van der Waals surface area (Å²) >= 11 is 0. The lowest BCUT2D eigenvalue weighted by atomic mass is 10.0. The van der Waals surface area contributed by atoms with Crippen molar-refractivity contribution in [1.82, 2.24) is 4.90 Å². The molecule has 1 saturated heterocycles. The maximum absolute atomic E-state index is 11.5. The van der Waals surface area contributed by atoms with Crippen molar-refractivity contribution in [3.63, 3.8) is 0 Å². The molecule has 1 aromatic carbocycles. The molecule has 2 atom stereocenters. The molecule has 24 heavy (non-hydrogen) atoms. The average molecular weight is 337 g/mol. The van der Waals surface area contributed by atoms with E-state index in [1.165, 1.54) is 33.5 Å². The molecule has 1 heterocycles. The number of aliphatic hydroxyl groups is 1. The van der Waals surface area contributed by atoms with Gasteiger partial charge in [-0.05, 0) is 44.5 Å². The van der Waals surface area contributed by atoms with Crippen molar-refractivity contribution in [2.24, 2.45) is 0 Å². The molecule has 0 saturated carbocycles. The second-order valence-electron chi connectivity index (χ2n) is 6.16. The van der Waals surface area contributed by atoms with Gasteiger partial charge >= 0.3 is 5.97 Å². The average Bonchev–Trinajstić information content (AvgIpc) is 2.61. The van der Waals surface area contributed by atoms with Crippen LogP contribution in [0.3, 0.4) is 0 Å². The van der Waals surface area contributed by atoms with Crippen LogP contribution in [-0.2, 0) is 4.74 Å². The number of carbonyl (C=O) groups excluding carboxylic acids is 1. The number of hydrogen-bond acceptors (Lipinski definition) is 6. The monoisotopic (exact) mass is 337 g/mol. The Labute approximate surface area is 143 Å². The van der Waals surface area contributed by atoms with E-state index in [1.54, 1.807) is 18.2 Å². The number of likely N-dealkylation sites (tertiary alicyclic amines) is 1. The number of β-amino-alcohol motifs (C(OH)–C–C–N with tert-alkyl or cyclic N) is 1. The SMILES string of the molecule is COC(=O)c1ccc(OC[C@H](O)CN2CCCC[C@@H]2C)c(OC)c1. The normalized spacial score (nSPS) is 19.6. The molecule has 0 aromatic heterocycles. The van der Waals surface area contributed by atoms with Gasteiger partial charge in [0.2, 0.25) is 0 Å². The first kappa shape index (κ1) is 18.5. The summed E-state index contributed by atoms with van der Waals surface area (Å²) in [5.41, 5.74) is 0.393. The molecule has 6 heteroatoms. The molecule has 134 valence electrons. The molecule has 2 rings (SSSR count). The van der Waals surface area contributed by atoms with E-state index in [0.717, 1.165) is 6.54 Å². The Morgan fingerprint density at radius 1 is 1.33 bits per heavy atom. The predicted molar refractivity (Wildman–Crippen MR) is 90.7 cm³/mol. The number of esters is 1. The fourth-order valence-electron chi connectivity index (χ4n) is 2.97. The first-order chi connectivity index (χ1) is 11.5. The highest BCUT2D eigenvalue weighted by atomic mass is 16.5. The summed E-state index contributed by atoms with van der Waals surface area (Å²) in [6, 6.07) is 5.34. The van der Waals surface area contributed by atoms with Crippen molar-refractivity contribution in [1.29, 1.82) is 0 Å². The fraction of sp³-hybridized carbons (Fsp3) is 0.611. The summed E-state index contributed by atoms with van der Waals surface area (Å²) in [6.07, 6.45) is 3.04. The molecule has 0 radical (unpaired) electrons. The van der Waals surface area contributed by atoms with E-state index in [2.05, 4.69) is 16.6 Å². The third-order valence-electron chi connectivity index (χ3n) is 4.40. The Balaban J connectivity index is 1.91. The van der Waals surface area contributed by atoms with Gasteiger partial charge in [0.05, 0.1) is 19.8 Å². The van der Waals surface area contributed by atoms with Gasteiger partial charge in [0.25, 0.3) is 0 Å². The lowest BCUT2D eigenvalue weighted by Gasteiger charge is -2.34. The van der Waals surface area contributed by atoms with Crippen LogP contribution in [0.5, 0.6) is 11.5 Å². The van der Waals surface area contributed by atoms with Crippen LogP contribution in [0.2, 0.25) is 0 Å². The Morgan fingerprint density at radius 3 is 2.79 bits per heavy atom. The van der Waals surface area contributed by atoms with E-state index < -0.39 is 12.1 Å². The number of methoxy groups -OCH3 is 2. The van der Waals surface area contributed by atoms with E-state index in [0.29, 0.717) is 29.6 Å². The largest absolute Gasteiger partial charge is 0.493 e. The van der Waals surface area contributed by atoms with Crippen LogP contribution in [-0.4, -0.2) is 62.0 Å². The van der Waals surface area contributed by atoms with Gasteiger partial charge in [0, 0.05) is 12.6 Å². The van der Waals surface area contributed by atoms with Crippen LogP contribution in [0.15, 0.2) is 18.2 Å². The molecule has 1 aliphatic heterocycles. The fourth-order valence-corrected chi connectivity index (χ4v) is 2.97. The standard InChI is InChI=1S/C18H27NO5/c1-13-6-4-5-9-19(13)11-15(20)12-24-16-8-7-14(18(21)23-3)10-17(16)22-2/h7-8,10,13,15,20H,4-6,9,11-12H2,1-3H3/t13-,15+/m0/s1. The number of carbonyl (C=O) groups is 1. The topological polar surface area (TPSA) is 68.2 Å². The quantitative estimate of drug-likeness (QED) is 0.769. The van der Waals surface area contributed by atoms with Gasteiger partial charge < -0.3 is 19.3 Å². The Hall–Kier alpha value is -1.79. The zero-order chi connectivity index (χ0) is 17.5. The minimum atomic E-state index is -0.574. The summed E-state index contributed by atoms with van der Waals surface area (Å²) in [7, 11) is 2.84. The predicted octanol–water partition coefficient (Wildman–Crippen LogP) is 2.10. The number of ether oxygens (including phenoxy) is 3. The van der Waals surface area contributed by atoms with Gasteiger partial charge in [-0.15, -0.1) is 0 Å². The van der Waals surface area contributed by atoms with Gasteiger partial charge in [-0.3, -0.25) is 4.90 Å². The molecule has 0 bridgehead atoms. The van der Waals surface area contributed by atoms with Gasteiger partial charge in [0.15, 0.2) is 11.5 Å². The van der Waals surface area contributed by atoms with Crippen molar-refractivity contribution in [2.75, 3.05) is 33.9 Å². The zero-order valence-electron chi connectivity index (χ0n) is 14.7. The van der Waals surface area contributed by atoms with Crippen LogP contribution >= 0.6 is 0 Å². The minimum absolute atomic E-state index is 0.178. The van der Waals surface area contributed by atoms with Crippen LogP contribution in [0.25, 0.3) is 0 Å². The smallest absolute Gasteiger partial charge is 0.337 e. The van der Waals surface area contributed by atoms with Gasteiger partial charge in [0.1, 0.15) is 12.7 Å². The molecular formula is C18H27NO5. The molecule has 0 unspecified atom stereocenters. The first-order valence-corrected chi connectivity index (χ1v) is 8.36. The molecule has 1 aliphatic rings. The van der Waals surface area contributed by atoms with Crippen molar-refractivity contribution >= 4 is 5.97 Å². The highest BCUT2D eigenvalue weighted by Crippen LogP contribution is 2.28. The van der Waals surface area contributed by atoms with E-state index in [-0.39, 0.29) is 6.61 Å². The highest BCUT2D eigenvalue weighted by Gasteiger charge is 2.21. The summed E-state index contributed by atoms with van der Waals surface area (Å²) in [5, 5.41) is 10.2. The van der Waals surface area contributed by atoms with E-state index >= 15 is 0 Å². The highest BCUT2D eigenvalue weighted by molar-refractivity contribution is 5.90. The molecule has 1 fully saturated rings. The summed E-state index contributed by atoms with van der Waals surface area (Å²) < 4.78 is 15.6. The lowest BCUT2D eigenvalue weighted by Crippen LogP contribution is -2.43. The van der Waals surface area contributed by atoms with Gasteiger partial charge in [-0.1, -0.05) is 6.42 Å². The van der Waals surface area contributed by atoms with Gasteiger partial charge in [-0.2, -0.15) is 0 Å². The van der Waals surface area contributed by atoms with Crippen LogP contribution in [0, 0.1) is 0 Å². The maximum atomic E-state index is 11.5. The molecule has 1 aromatic rings.